The standard InChI is InChI=1S/C12H18BrNOS/c1-5-9(7(2)3)14-12(15)10-6-8(4)11(13)16-10/h6-7,9H,5H2,1-4H3,(H,14,15). The summed E-state index contributed by atoms with van der Waals surface area (Å²) in [5, 5.41) is 3.07. The van der Waals surface area contributed by atoms with Crippen molar-refractivity contribution in [3.8, 4) is 0 Å². The van der Waals surface area contributed by atoms with E-state index in [9.17, 15) is 4.79 Å². The fourth-order valence-corrected chi connectivity index (χ4v) is 2.99. The summed E-state index contributed by atoms with van der Waals surface area (Å²) in [5.74, 6) is 0.512. The minimum atomic E-state index is 0.0411. The second-order valence-corrected chi connectivity index (χ2v) is 6.67. The van der Waals surface area contributed by atoms with E-state index < -0.39 is 0 Å². The van der Waals surface area contributed by atoms with Crippen molar-refractivity contribution < 1.29 is 4.79 Å². The number of thiophene rings is 1. The van der Waals surface area contributed by atoms with Gasteiger partial charge in [0.25, 0.3) is 5.91 Å². The van der Waals surface area contributed by atoms with Crippen molar-refractivity contribution in [2.75, 3.05) is 0 Å². The Bertz CT molecular complexity index is 354. The number of amides is 1. The number of hydrogen-bond acceptors (Lipinski definition) is 2. The van der Waals surface area contributed by atoms with Crippen LogP contribution in [0.2, 0.25) is 0 Å². The van der Waals surface area contributed by atoms with E-state index in [4.69, 9.17) is 0 Å². The van der Waals surface area contributed by atoms with E-state index >= 15 is 0 Å². The first kappa shape index (κ1) is 13.7. The molecule has 0 aromatic carbocycles. The van der Waals surface area contributed by atoms with Crippen LogP contribution in [0.4, 0.5) is 0 Å². The van der Waals surface area contributed by atoms with Gasteiger partial charge in [-0.1, -0.05) is 20.8 Å². The fourth-order valence-electron chi connectivity index (χ4n) is 1.55. The Labute approximate surface area is 110 Å². The molecule has 1 aromatic heterocycles. The smallest absolute Gasteiger partial charge is 0.261 e. The minimum absolute atomic E-state index is 0.0411. The van der Waals surface area contributed by atoms with Gasteiger partial charge in [0, 0.05) is 6.04 Å². The maximum Gasteiger partial charge on any atom is 0.261 e. The van der Waals surface area contributed by atoms with Crippen LogP contribution in [0.25, 0.3) is 0 Å². The van der Waals surface area contributed by atoms with E-state index in [-0.39, 0.29) is 11.9 Å². The molecule has 2 nitrogen and oxygen atoms in total. The molecule has 0 aliphatic rings. The molecular weight excluding hydrogens is 286 g/mol. The third kappa shape index (κ3) is 3.32. The summed E-state index contributed by atoms with van der Waals surface area (Å²) in [4.78, 5) is 12.7. The van der Waals surface area contributed by atoms with Crippen LogP contribution in [0.3, 0.4) is 0 Å². The molecule has 1 amide bonds. The van der Waals surface area contributed by atoms with Crippen LogP contribution in [0, 0.1) is 12.8 Å². The van der Waals surface area contributed by atoms with Gasteiger partial charge in [0.2, 0.25) is 0 Å². The van der Waals surface area contributed by atoms with Gasteiger partial charge in [0.1, 0.15) is 0 Å². The summed E-state index contributed by atoms with van der Waals surface area (Å²) in [6.07, 6.45) is 0.967. The van der Waals surface area contributed by atoms with Crippen molar-refractivity contribution in [2.24, 2.45) is 5.92 Å². The average Bonchev–Trinajstić information content (AvgIpc) is 2.55. The van der Waals surface area contributed by atoms with Crippen LogP contribution >= 0.6 is 27.3 Å². The fraction of sp³-hybridized carbons (Fsp3) is 0.583. The third-order valence-electron chi connectivity index (χ3n) is 2.64. The first-order valence-electron chi connectivity index (χ1n) is 5.52. The van der Waals surface area contributed by atoms with Crippen LogP contribution in [-0.2, 0) is 0 Å². The monoisotopic (exact) mass is 303 g/mol. The van der Waals surface area contributed by atoms with E-state index in [1.165, 1.54) is 11.3 Å². The zero-order valence-electron chi connectivity index (χ0n) is 10.1. The van der Waals surface area contributed by atoms with Crippen molar-refractivity contribution in [2.45, 2.75) is 40.2 Å². The van der Waals surface area contributed by atoms with Gasteiger partial charge in [0.15, 0.2) is 0 Å². The van der Waals surface area contributed by atoms with E-state index in [0.717, 1.165) is 20.6 Å². The number of nitrogens with one attached hydrogen (secondary N) is 1. The largest absolute Gasteiger partial charge is 0.348 e. The van der Waals surface area contributed by atoms with Crippen LogP contribution < -0.4 is 5.32 Å². The van der Waals surface area contributed by atoms with Crippen LogP contribution in [0.5, 0.6) is 0 Å². The van der Waals surface area contributed by atoms with Crippen molar-refractivity contribution >= 4 is 33.2 Å². The molecule has 1 atom stereocenters. The van der Waals surface area contributed by atoms with Crippen molar-refractivity contribution in [1.29, 1.82) is 0 Å². The molecule has 4 heteroatoms. The molecule has 0 spiro atoms. The van der Waals surface area contributed by atoms with Crippen LogP contribution in [0.15, 0.2) is 9.85 Å². The molecule has 0 aliphatic heterocycles. The Balaban J connectivity index is 2.71. The highest BCUT2D eigenvalue weighted by atomic mass is 79.9. The van der Waals surface area contributed by atoms with Crippen molar-refractivity contribution in [1.82, 2.24) is 5.32 Å². The number of carbonyl (C=O) groups is 1. The predicted molar refractivity (Wildman–Crippen MR) is 73.1 cm³/mol. The van der Waals surface area contributed by atoms with E-state index in [1.54, 1.807) is 0 Å². The molecule has 1 N–H and O–H groups in total. The van der Waals surface area contributed by atoms with Crippen LogP contribution in [-0.4, -0.2) is 11.9 Å². The van der Waals surface area contributed by atoms with Gasteiger partial charge in [-0.25, -0.2) is 0 Å². The lowest BCUT2D eigenvalue weighted by atomic mass is 10.0. The third-order valence-corrected chi connectivity index (χ3v) is 4.78. The molecule has 0 saturated carbocycles. The summed E-state index contributed by atoms with van der Waals surface area (Å²) >= 11 is 4.93. The van der Waals surface area contributed by atoms with E-state index in [0.29, 0.717) is 5.92 Å². The summed E-state index contributed by atoms with van der Waals surface area (Å²) in [7, 11) is 0. The topological polar surface area (TPSA) is 29.1 Å². The van der Waals surface area contributed by atoms with Gasteiger partial charge in [-0.2, -0.15) is 0 Å². The first-order valence-corrected chi connectivity index (χ1v) is 7.13. The zero-order valence-corrected chi connectivity index (χ0v) is 12.5. The van der Waals surface area contributed by atoms with Crippen molar-refractivity contribution in [3.63, 3.8) is 0 Å². The first-order chi connectivity index (χ1) is 7.45. The lowest BCUT2D eigenvalue weighted by Crippen LogP contribution is -2.37. The predicted octanol–water partition coefficient (Wildman–Crippen LogP) is 3.98. The Morgan fingerprint density at radius 3 is 2.56 bits per heavy atom. The van der Waals surface area contributed by atoms with E-state index in [1.807, 2.05) is 13.0 Å². The quantitative estimate of drug-likeness (QED) is 0.895. The summed E-state index contributed by atoms with van der Waals surface area (Å²) in [6, 6.07) is 2.19. The Morgan fingerprint density at radius 1 is 1.56 bits per heavy atom. The Kier molecular flexibility index (Phi) is 4.99. The normalized spacial score (nSPS) is 12.9. The maximum absolute atomic E-state index is 12.0. The molecule has 0 saturated heterocycles. The lowest BCUT2D eigenvalue weighted by molar-refractivity contribution is 0.0928. The molecule has 16 heavy (non-hydrogen) atoms. The molecule has 1 unspecified atom stereocenters. The highest BCUT2D eigenvalue weighted by Crippen LogP contribution is 2.27. The van der Waals surface area contributed by atoms with Gasteiger partial charge in [-0.05, 0) is 46.8 Å². The molecule has 0 radical (unpaired) electrons. The zero-order chi connectivity index (χ0) is 12.3. The van der Waals surface area contributed by atoms with Gasteiger partial charge in [-0.3, -0.25) is 4.79 Å². The maximum atomic E-state index is 12.0. The van der Waals surface area contributed by atoms with Gasteiger partial charge < -0.3 is 5.32 Å². The molecule has 90 valence electrons. The number of rotatable bonds is 4. The molecule has 0 fully saturated rings. The minimum Gasteiger partial charge on any atom is -0.348 e. The number of hydrogen-bond donors (Lipinski definition) is 1. The van der Waals surface area contributed by atoms with E-state index in [2.05, 4.69) is 42.0 Å². The van der Waals surface area contributed by atoms with Gasteiger partial charge >= 0.3 is 0 Å². The summed E-state index contributed by atoms with van der Waals surface area (Å²) in [6.45, 7) is 8.35. The molecule has 0 bridgehead atoms. The second-order valence-electron chi connectivity index (χ2n) is 4.30. The second kappa shape index (κ2) is 5.82. The highest BCUT2D eigenvalue weighted by Gasteiger charge is 2.17. The summed E-state index contributed by atoms with van der Waals surface area (Å²) in [5.41, 5.74) is 1.12. The lowest BCUT2D eigenvalue weighted by Gasteiger charge is -2.20. The molecule has 0 aliphatic carbocycles. The van der Waals surface area contributed by atoms with Gasteiger partial charge in [0.05, 0.1) is 8.66 Å². The Hall–Kier alpha value is -0.350. The number of aryl methyl sites for hydroxylation is 1. The molecule has 1 aromatic rings. The SMILES string of the molecule is CCC(NC(=O)c1cc(C)c(Br)s1)C(C)C. The Morgan fingerprint density at radius 2 is 2.19 bits per heavy atom. The van der Waals surface area contributed by atoms with Crippen molar-refractivity contribution in [3.05, 3.63) is 20.3 Å². The molecular formula is C12H18BrNOS. The van der Waals surface area contributed by atoms with Gasteiger partial charge in [-0.15, -0.1) is 11.3 Å². The number of halogens is 1. The average molecular weight is 304 g/mol. The number of carbonyl (C=O) groups excluding carboxylic acids is 1. The molecule has 1 heterocycles. The summed E-state index contributed by atoms with van der Waals surface area (Å²) < 4.78 is 1.04. The van der Waals surface area contributed by atoms with Crippen LogP contribution in [0.1, 0.15) is 42.4 Å². The molecule has 1 rings (SSSR count). The highest BCUT2D eigenvalue weighted by molar-refractivity contribution is 9.11.